The Labute approximate surface area is 168 Å². The first-order valence-electron chi connectivity index (χ1n) is 9.89. The van der Waals surface area contributed by atoms with Crippen LogP contribution in [-0.2, 0) is 32.8 Å². The van der Waals surface area contributed by atoms with Crippen LogP contribution >= 0.6 is 11.3 Å². The van der Waals surface area contributed by atoms with Crippen LogP contribution < -0.4 is 0 Å². The molecule has 2 aromatic heterocycles. The van der Waals surface area contributed by atoms with Gasteiger partial charge in [0, 0.05) is 36.9 Å². The van der Waals surface area contributed by atoms with Crippen molar-refractivity contribution < 1.29 is 18.7 Å². The average Bonchev–Trinajstić information content (AvgIpc) is 3.33. The van der Waals surface area contributed by atoms with E-state index in [9.17, 15) is 9.18 Å². The molecule has 1 unspecified atom stereocenters. The van der Waals surface area contributed by atoms with Gasteiger partial charge in [0.25, 0.3) is 0 Å². The van der Waals surface area contributed by atoms with Gasteiger partial charge in [-0.05, 0) is 43.9 Å². The van der Waals surface area contributed by atoms with Gasteiger partial charge in [-0.25, -0.2) is 0 Å². The number of hydrogen-bond donors (Lipinski definition) is 0. The monoisotopic (exact) mass is 407 g/mol. The van der Waals surface area contributed by atoms with Crippen LogP contribution in [-0.4, -0.2) is 53.5 Å². The van der Waals surface area contributed by atoms with E-state index in [4.69, 9.17) is 9.47 Å². The van der Waals surface area contributed by atoms with Crippen LogP contribution in [0.15, 0.2) is 24.5 Å². The molecule has 0 radical (unpaired) electrons. The molecule has 1 saturated heterocycles. The molecule has 28 heavy (non-hydrogen) atoms. The first-order chi connectivity index (χ1) is 13.6. The molecule has 0 saturated carbocycles. The number of aromatic nitrogens is 2. The Balaban J connectivity index is 1.42. The Morgan fingerprint density at radius 3 is 2.96 bits per heavy atom. The van der Waals surface area contributed by atoms with E-state index >= 15 is 0 Å². The van der Waals surface area contributed by atoms with Crippen molar-refractivity contribution in [3.05, 3.63) is 40.1 Å². The molecule has 8 heteroatoms. The number of carbonyl (C=O) groups excluding carboxylic acids is 1. The zero-order chi connectivity index (χ0) is 19.6. The lowest BCUT2D eigenvalue weighted by Crippen LogP contribution is -2.48. The standard InChI is InChI=1S/C20H26FN3O3S/c1-2-26-19(25)16(14-24-8-3-7-22-24)13-23-9-5-20(6-10-23)18-15(4-11-27-20)12-17(21)28-18/h3,7-8,12,16H,2,4-6,9-11,13-14H2,1H3. The van der Waals surface area contributed by atoms with E-state index in [0.29, 0.717) is 26.3 Å². The van der Waals surface area contributed by atoms with E-state index in [-0.39, 0.29) is 22.6 Å². The number of hydrogen-bond acceptors (Lipinski definition) is 6. The fraction of sp³-hybridized carbons (Fsp3) is 0.600. The third-order valence-corrected chi connectivity index (χ3v) is 6.82. The van der Waals surface area contributed by atoms with Crippen molar-refractivity contribution in [1.29, 1.82) is 0 Å². The molecule has 0 N–H and O–H groups in total. The van der Waals surface area contributed by atoms with E-state index < -0.39 is 0 Å². The second-order valence-corrected chi connectivity index (χ2v) is 8.48. The fourth-order valence-corrected chi connectivity index (χ4v) is 5.41. The molecule has 1 atom stereocenters. The van der Waals surface area contributed by atoms with Crippen LogP contribution in [0, 0.1) is 11.0 Å². The Kier molecular flexibility index (Phi) is 5.80. The number of rotatable bonds is 6. The first kappa shape index (κ1) is 19.5. The third kappa shape index (κ3) is 3.99. The normalized spacial score (nSPS) is 20.1. The van der Waals surface area contributed by atoms with E-state index in [1.54, 1.807) is 16.9 Å². The average molecular weight is 408 g/mol. The minimum Gasteiger partial charge on any atom is -0.466 e. The number of piperidine rings is 1. The van der Waals surface area contributed by atoms with Crippen molar-refractivity contribution in [3.63, 3.8) is 0 Å². The van der Waals surface area contributed by atoms with Crippen LogP contribution in [0.5, 0.6) is 0 Å². The van der Waals surface area contributed by atoms with Gasteiger partial charge in [-0.1, -0.05) is 0 Å². The maximum Gasteiger partial charge on any atom is 0.312 e. The van der Waals surface area contributed by atoms with Gasteiger partial charge in [-0.3, -0.25) is 9.48 Å². The van der Waals surface area contributed by atoms with Gasteiger partial charge in [0.1, 0.15) is 5.60 Å². The predicted molar refractivity (Wildman–Crippen MR) is 104 cm³/mol. The fourth-order valence-electron chi connectivity index (χ4n) is 4.27. The highest BCUT2D eigenvalue weighted by molar-refractivity contribution is 7.10. The van der Waals surface area contributed by atoms with Crippen LogP contribution in [0.1, 0.15) is 30.2 Å². The highest BCUT2D eigenvalue weighted by Gasteiger charge is 2.43. The molecule has 0 aliphatic carbocycles. The Bertz CT molecular complexity index is 800. The largest absolute Gasteiger partial charge is 0.466 e. The van der Waals surface area contributed by atoms with Gasteiger partial charge < -0.3 is 14.4 Å². The van der Waals surface area contributed by atoms with Crippen LogP contribution in [0.4, 0.5) is 4.39 Å². The topological polar surface area (TPSA) is 56.6 Å². The summed E-state index contributed by atoms with van der Waals surface area (Å²) in [6.07, 6.45) is 6.00. The highest BCUT2D eigenvalue weighted by Crippen LogP contribution is 2.45. The summed E-state index contributed by atoms with van der Waals surface area (Å²) in [5.41, 5.74) is 0.741. The molecular weight excluding hydrogens is 381 g/mol. The molecule has 2 aliphatic heterocycles. The smallest absolute Gasteiger partial charge is 0.312 e. The molecule has 0 bridgehead atoms. The number of nitrogens with zero attached hydrogens (tertiary/aromatic N) is 3. The Hall–Kier alpha value is -1.77. The van der Waals surface area contributed by atoms with Gasteiger partial charge in [0.2, 0.25) is 0 Å². The molecule has 1 fully saturated rings. The zero-order valence-electron chi connectivity index (χ0n) is 16.1. The highest BCUT2D eigenvalue weighted by atomic mass is 32.1. The van der Waals surface area contributed by atoms with Gasteiger partial charge >= 0.3 is 5.97 Å². The molecular formula is C20H26FN3O3S. The summed E-state index contributed by atoms with van der Waals surface area (Å²) in [4.78, 5) is 15.8. The van der Waals surface area contributed by atoms with Gasteiger partial charge in [-0.15, -0.1) is 11.3 Å². The summed E-state index contributed by atoms with van der Waals surface area (Å²) in [5, 5.41) is 4.10. The lowest BCUT2D eigenvalue weighted by atomic mass is 9.85. The van der Waals surface area contributed by atoms with Crippen molar-refractivity contribution in [2.45, 2.75) is 38.3 Å². The molecule has 6 nitrogen and oxygen atoms in total. The number of ether oxygens (including phenoxy) is 2. The maximum atomic E-state index is 13.8. The number of carbonyl (C=O) groups is 1. The minimum atomic E-state index is -0.361. The van der Waals surface area contributed by atoms with E-state index in [2.05, 4.69) is 10.00 Å². The number of thiophene rings is 1. The van der Waals surface area contributed by atoms with E-state index in [0.717, 1.165) is 42.8 Å². The molecule has 2 aromatic rings. The number of esters is 1. The third-order valence-electron chi connectivity index (χ3n) is 5.67. The summed E-state index contributed by atoms with van der Waals surface area (Å²) < 4.78 is 27.1. The van der Waals surface area contributed by atoms with Crippen molar-refractivity contribution in [1.82, 2.24) is 14.7 Å². The molecule has 152 valence electrons. The minimum absolute atomic E-state index is 0.126. The van der Waals surface area contributed by atoms with E-state index in [1.165, 1.54) is 11.3 Å². The molecule has 4 heterocycles. The molecule has 1 spiro atoms. The number of likely N-dealkylation sites (tertiary alicyclic amines) is 1. The summed E-state index contributed by atoms with van der Waals surface area (Å²) in [6, 6.07) is 3.52. The van der Waals surface area contributed by atoms with Crippen LogP contribution in [0.3, 0.4) is 0 Å². The molecule has 4 rings (SSSR count). The van der Waals surface area contributed by atoms with Gasteiger partial charge in [0.05, 0.1) is 25.7 Å². The molecule has 0 amide bonds. The quantitative estimate of drug-likeness (QED) is 0.690. The number of fused-ring (bicyclic) bond motifs is 2. The lowest BCUT2D eigenvalue weighted by molar-refractivity contribution is -0.150. The van der Waals surface area contributed by atoms with E-state index in [1.807, 2.05) is 19.2 Å². The van der Waals surface area contributed by atoms with Crippen molar-refractivity contribution >= 4 is 17.3 Å². The second-order valence-electron chi connectivity index (χ2n) is 7.48. The van der Waals surface area contributed by atoms with Gasteiger partial charge in [0.15, 0.2) is 5.13 Å². The van der Waals surface area contributed by atoms with Crippen LogP contribution in [0.25, 0.3) is 0 Å². The number of halogens is 1. The predicted octanol–water partition coefficient (Wildman–Crippen LogP) is 2.83. The SMILES string of the molecule is CCOC(=O)C(CN1CCC2(CC1)OCCc1cc(F)sc12)Cn1cccn1. The maximum absolute atomic E-state index is 13.8. The summed E-state index contributed by atoms with van der Waals surface area (Å²) in [7, 11) is 0. The Morgan fingerprint density at radius 1 is 1.43 bits per heavy atom. The summed E-state index contributed by atoms with van der Waals surface area (Å²) in [5.74, 6) is -0.453. The van der Waals surface area contributed by atoms with Crippen molar-refractivity contribution in [2.24, 2.45) is 5.92 Å². The molecule has 2 aliphatic rings. The zero-order valence-corrected chi connectivity index (χ0v) is 16.9. The first-order valence-corrected chi connectivity index (χ1v) is 10.7. The van der Waals surface area contributed by atoms with Crippen molar-refractivity contribution in [3.8, 4) is 0 Å². The van der Waals surface area contributed by atoms with Crippen LogP contribution in [0.2, 0.25) is 0 Å². The lowest BCUT2D eigenvalue weighted by Gasteiger charge is -2.44. The van der Waals surface area contributed by atoms with Gasteiger partial charge in [-0.2, -0.15) is 9.49 Å². The Morgan fingerprint density at radius 2 is 2.25 bits per heavy atom. The van der Waals surface area contributed by atoms with Crippen molar-refractivity contribution in [2.75, 3.05) is 32.8 Å². The summed E-state index contributed by atoms with van der Waals surface area (Å²) >= 11 is 1.23. The second kappa shape index (κ2) is 8.31. The molecule has 0 aromatic carbocycles. The summed E-state index contributed by atoms with van der Waals surface area (Å²) in [6.45, 7) is 5.60.